The zero-order valence-electron chi connectivity index (χ0n) is 11.6. The maximum Gasteiger partial charge on any atom is 0.0399 e. The molecule has 1 aromatic rings. The van der Waals surface area contributed by atoms with E-state index in [1.807, 2.05) is 0 Å². The zero-order valence-corrected chi connectivity index (χ0v) is 11.6. The van der Waals surface area contributed by atoms with Crippen LogP contribution in [0.5, 0.6) is 0 Å². The summed E-state index contributed by atoms with van der Waals surface area (Å²) in [7, 11) is 0. The molecule has 0 fully saturated rings. The summed E-state index contributed by atoms with van der Waals surface area (Å²) in [5.41, 5.74) is 9.17. The predicted octanol–water partition coefficient (Wildman–Crippen LogP) is 3.35. The van der Waals surface area contributed by atoms with Gasteiger partial charge in [0.1, 0.15) is 0 Å². The first-order valence-corrected chi connectivity index (χ1v) is 7.39. The van der Waals surface area contributed by atoms with Crippen molar-refractivity contribution in [3.63, 3.8) is 0 Å². The number of aryl methyl sites for hydroxylation is 1. The summed E-state index contributed by atoms with van der Waals surface area (Å²) in [4.78, 5) is 2.50. The molecule has 0 saturated heterocycles. The van der Waals surface area contributed by atoms with Crippen molar-refractivity contribution in [3.05, 3.63) is 29.8 Å². The van der Waals surface area contributed by atoms with E-state index in [1.165, 1.54) is 43.4 Å². The number of anilines is 1. The maximum atomic E-state index is 6.26. The van der Waals surface area contributed by atoms with Gasteiger partial charge in [0.05, 0.1) is 0 Å². The van der Waals surface area contributed by atoms with Gasteiger partial charge in [-0.1, -0.05) is 38.0 Å². The molecule has 0 aromatic heterocycles. The first kappa shape index (κ1) is 13.4. The molecule has 1 aromatic carbocycles. The second-order valence-electron chi connectivity index (χ2n) is 5.43. The molecule has 1 heterocycles. The molecule has 2 heteroatoms. The molecule has 1 unspecified atom stereocenters. The van der Waals surface area contributed by atoms with Crippen LogP contribution in [0.4, 0.5) is 5.69 Å². The highest BCUT2D eigenvalue weighted by molar-refractivity contribution is 5.54. The molecular weight excluding hydrogens is 220 g/mol. The number of nitrogens with two attached hydrogens (primary N) is 1. The largest absolute Gasteiger partial charge is 0.370 e. The molecule has 0 bridgehead atoms. The summed E-state index contributed by atoms with van der Waals surface area (Å²) >= 11 is 0. The van der Waals surface area contributed by atoms with Crippen LogP contribution in [-0.2, 0) is 6.42 Å². The lowest BCUT2D eigenvalue weighted by Gasteiger charge is -2.28. The molecule has 18 heavy (non-hydrogen) atoms. The Balaban J connectivity index is 2.03. The summed E-state index contributed by atoms with van der Waals surface area (Å²) in [6, 6.07) is 9.14. The summed E-state index contributed by atoms with van der Waals surface area (Å²) in [5.74, 6) is 0. The number of benzene rings is 1. The van der Waals surface area contributed by atoms with Gasteiger partial charge in [-0.2, -0.15) is 0 Å². The van der Waals surface area contributed by atoms with E-state index in [9.17, 15) is 0 Å². The number of nitrogens with zero attached hydrogens (tertiary/aromatic N) is 1. The van der Waals surface area contributed by atoms with Crippen molar-refractivity contribution < 1.29 is 0 Å². The van der Waals surface area contributed by atoms with Crippen molar-refractivity contribution in [1.82, 2.24) is 0 Å². The highest BCUT2D eigenvalue weighted by Gasteiger charge is 2.16. The Kier molecular flexibility index (Phi) is 5.06. The second-order valence-corrected chi connectivity index (χ2v) is 5.43. The molecule has 1 aliphatic heterocycles. The lowest BCUT2D eigenvalue weighted by Crippen LogP contribution is -2.38. The summed E-state index contributed by atoms with van der Waals surface area (Å²) in [6.07, 6.45) is 7.44. The smallest absolute Gasteiger partial charge is 0.0399 e. The first-order chi connectivity index (χ1) is 8.81. The number of para-hydroxylation sites is 1. The SMILES string of the molecule is CCCCC(N)CN1CCCCc2ccccc21. The topological polar surface area (TPSA) is 29.3 Å². The summed E-state index contributed by atoms with van der Waals surface area (Å²) in [6.45, 7) is 4.40. The van der Waals surface area contributed by atoms with Crippen molar-refractivity contribution in [3.8, 4) is 0 Å². The van der Waals surface area contributed by atoms with Gasteiger partial charge in [0.25, 0.3) is 0 Å². The lowest BCUT2D eigenvalue weighted by atomic mass is 10.1. The van der Waals surface area contributed by atoms with Gasteiger partial charge in [0.2, 0.25) is 0 Å². The summed E-state index contributed by atoms with van der Waals surface area (Å²) in [5, 5.41) is 0. The van der Waals surface area contributed by atoms with Gasteiger partial charge in [-0.05, 0) is 37.3 Å². The van der Waals surface area contributed by atoms with Gasteiger partial charge < -0.3 is 10.6 Å². The minimum Gasteiger partial charge on any atom is -0.370 e. The van der Waals surface area contributed by atoms with Crippen molar-refractivity contribution >= 4 is 5.69 Å². The Morgan fingerprint density at radius 3 is 2.94 bits per heavy atom. The van der Waals surface area contributed by atoms with Crippen LogP contribution in [0.2, 0.25) is 0 Å². The van der Waals surface area contributed by atoms with Crippen molar-refractivity contribution in [1.29, 1.82) is 0 Å². The molecule has 0 saturated carbocycles. The van der Waals surface area contributed by atoms with E-state index in [0.29, 0.717) is 6.04 Å². The lowest BCUT2D eigenvalue weighted by molar-refractivity contribution is 0.556. The van der Waals surface area contributed by atoms with Gasteiger partial charge in [-0.15, -0.1) is 0 Å². The summed E-state index contributed by atoms with van der Waals surface area (Å²) < 4.78 is 0. The van der Waals surface area contributed by atoms with Crippen LogP contribution < -0.4 is 10.6 Å². The van der Waals surface area contributed by atoms with Crippen LogP contribution in [0.3, 0.4) is 0 Å². The minimum atomic E-state index is 0.316. The normalized spacial score (nSPS) is 17.1. The fourth-order valence-electron chi connectivity index (χ4n) is 2.80. The van der Waals surface area contributed by atoms with Crippen molar-refractivity contribution in [2.24, 2.45) is 5.73 Å². The number of unbranched alkanes of at least 4 members (excludes halogenated alkanes) is 1. The number of fused-ring (bicyclic) bond motifs is 1. The highest BCUT2D eigenvalue weighted by Crippen LogP contribution is 2.26. The van der Waals surface area contributed by atoms with Gasteiger partial charge >= 0.3 is 0 Å². The fourth-order valence-corrected chi connectivity index (χ4v) is 2.80. The second kappa shape index (κ2) is 6.79. The third-order valence-corrected chi connectivity index (χ3v) is 3.84. The van der Waals surface area contributed by atoms with Crippen LogP contribution in [0.25, 0.3) is 0 Å². The third-order valence-electron chi connectivity index (χ3n) is 3.84. The van der Waals surface area contributed by atoms with Gasteiger partial charge in [-0.25, -0.2) is 0 Å². The van der Waals surface area contributed by atoms with Crippen molar-refractivity contribution in [2.75, 3.05) is 18.0 Å². The average Bonchev–Trinajstić information content (AvgIpc) is 2.59. The van der Waals surface area contributed by atoms with Gasteiger partial charge in [-0.3, -0.25) is 0 Å². The average molecular weight is 246 g/mol. The molecular formula is C16H26N2. The Labute approximate surface area is 111 Å². The van der Waals surface area contributed by atoms with Crippen LogP contribution in [-0.4, -0.2) is 19.1 Å². The molecule has 0 amide bonds. The number of hydrogen-bond acceptors (Lipinski definition) is 2. The quantitative estimate of drug-likeness (QED) is 0.863. The zero-order chi connectivity index (χ0) is 12.8. The Morgan fingerprint density at radius 2 is 2.11 bits per heavy atom. The molecule has 0 aliphatic carbocycles. The van der Waals surface area contributed by atoms with Crippen LogP contribution in [0.15, 0.2) is 24.3 Å². The third kappa shape index (κ3) is 3.49. The molecule has 0 spiro atoms. The molecule has 1 aliphatic rings. The number of rotatable bonds is 5. The van der Waals surface area contributed by atoms with E-state index in [2.05, 4.69) is 36.1 Å². The van der Waals surface area contributed by atoms with Crippen LogP contribution in [0.1, 0.15) is 44.6 Å². The van der Waals surface area contributed by atoms with Gasteiger partial charge in [0.15, 0.2) is 0 Å². The van der Waals surface area contributed by atoms with Crippen LogP contribution >= 0.6 is 0 Å². The molecule has 2 nitrogen and oxygen atoms in total. The molecule has 0 radical (unpaired) electrons. The Bertz CT molecular complexity index is 362. The Morgan fingerprint density at radius 1 is 1.28 bits per heavy atom. The van der Waals surface area contributed by atoms with Crippen molar-refractivity contribution in [2.45, 2.75) is 51.5 Å². The monoisotopic (exact) mass is 246 g/mol. The first-order valence-electron chi connectivity index (χ1n) is 7.39. The van der Waals surface area contributed by atoms with E-state index < -0.39 is 0 Å². The van der Waals surface area contributed by atoms with E-state index in [1.54, 1.807) is 0 Å². The van der Waals surface area contributed by atoms with E-state index in [-0.39, 0.29) is 0 Å². The van der Waals surface area contributed by atoms with E-state index in [0.717, 1.165) is 19.5 Å². The number of hydrogen-bond donors (Lipinski definition) is 1. The molecule has 2 N–H and O–H groups in total. The fraction of sp³-hybridized carbons (Fsp3) is 0.625. The van der Waals surface area contributed by atoms with Crippen LogP contribution in [0, 0.1) is 0 Å². The standard InChI is InChI=1S/C16H26N2/c1-2-3-10-15(17)13-18-12-7-6-9-14-8-4-5-11-16(14)18/h4-5,8,11,15H,2-3,6-7,9-10,12-13,17H2,1H3. The molecule has 100 valence electrons. The predicted molar refractivity (Wildman–Crippen MR) is 79.1 cm³/mol. The molecule has 2 rings (SSSR count). The highest BCUT2D eigenvalue weighted by atomic mass is 15.1. The Hall–Kier alpha value is -1.02. The van der Waals surface area contributed by atoms with Gasteiger partial charge in [0, 0.05) is 24.8 Å². The maximum absolute atomic E-state index is 6.26. The van der Waals surface area contributed by atoms with E-state index in [4.69, 9.17) is 5.73 Å². The molecule has 1 atom stereocenters. The minimum absolute atomic E-state index is 0.316. The van der Waals surface area contributed by atoms with E-state index >= 15 is 0 Å².